The number of pyridine rings is 1. The number of benzene rings is 2. The van der Waals surface area contributed by atoms with E-state index in [0.29, 0.717) is 26.8 Å². The Morgan fingerprint density at radius 1 is 1.10 bits per heavy atom. The van der Waals surface area contributed by atoms with Gasteiger partial charge in [0.05, 0.1) is 16.8 Å². The Kier molecular flexibility index (Phi) is 5.74. The van der Waals surface area contributed by atoms with E-state index in [1.807, 2.05) is 42.5 Å². The molecular formula is C21H14ClN4NaO2S. The fourth-order valence-electron chi connectivity index (χ4n) is 3.43. The van der Waals surface area contributed by atoms with Gasteiger partial charge in [-0.2, -0.15) is 0 Å². The van der Waals surface area contributed by atoms with Gasteiger partial charge in [-0.15, -0.1) is 5.52 Å². The smallest absolute Gasteiger partial charge is 0.585 e. The maximum atomic E-state index is 13.1. The monoisotopic (exact) mass is 444 g/mol. The number of nitrogens with zero attached hydrogens (tertiary/aromatic N) is 4. The van der Waals surface area contributed by atoms with E-state index < -0.39 is 0 Å². The van der Waals surface area contributed by atoms with E-state index in [1.165, 1.54) is 22.1 Å². The largest absolute Gasteiger partial charge is 1.00 e. The standard InChI is InChI=1S/C21H15ClN4O2S.Na/c1-12-19-16(10-18(27)25(12)11-13-6-2-3-7-14(13)22)24-26(20(19)28)21-23-15-8-4-5-9-17(15)29-21;/h2-10H,11H2,1H3,(H,24,27);/q;+1/p-1. The van der Waals surface area contributed by atoms with Crippen LogP contribution in [0, 0.1) is 6.92 Å². The summed E-state index contributed by atoms with van der Waals surface area (Å²) in [5, 5.41) is 5.85. The number of aromatic nitrogens is 4. The summed E-state index contributed by atoms with van der Waals surface area (Å²) in [6.45, 7) is 2.04. The molecule has 6 nitrogen and oxygen atoms in total. The minimum absolute atomic E-state index is 0. The summed E-state index contributed by atoms with van der Waals surface area (Å²) >= 11 is 7.64. The zero-order chi connectivity index (χ0) is 20.1. The van der Waals surface area contributed by atoms with Crippen LogP contribution in [0.1, 0.15) is 11.3 Å². The van der Waals surface area contributed by atoms with Crippen LogP contribution in [-0.2, 0) is 6.54 Å². The van der Waals surface area contributed by atoms with Crippen LogP contribution < -0.4 is 45.8 Å². The van der Waals surface area contributed by atoms with E-state index in [9.17, 15) is 9.59 Å². The molecule has 3 aromatic heterocycles. The number of para-hydroxylation sites is 1. The van der Waals surface area contributed by atoms with Crippen molar-refractivity contribution in [1.29, 1.82) is 0 Å². The Morgan fingerprint density at radius 2 is 1.83 bits per heavy atom. The van der Waals surface area contributed by atoms with Crippen molar-refractivity contribution in [3.63, 3.8) is 0 Å². The third-order valence-electron chi connectivity index (χ3n) is 4.91. The summed E-state index contributed by atoms with van der Waals surface area (Å²) < 4.78 is 3.80. The molecule has 0 spiro atoms. The van der Waals surface area contributed by atoms with Gasteiger partial charge >= 0.3 is 29.6 Å². The van der Waals surface area contributed by atoms with Crippen molar-refractivity contribution in [2.45, 2.75) is 13.5 Å². The minimum atomic E-state index is -0.288. The van der Waals surface area contributed by atoms with Crippen LogP contribution in [0.15, 0.2) is 64.2 Å². The predicted octanol–water partition coefficient (Wildman–Crippen LogP) is 0.733. The molecule has 30 heavy (non-hydrogen) atoms. The molecule has 5 rings (SSSR count). The van der Waals surface area contributed by atoms with E-state index in [0.717, 1.165) is 15.8 Å². The van der Waals surface area contributed by atoms with Crippen molar-refractivity contribution in [2.75, 3.05) is 0 Å². The molecule has 0 atom stereocenters. The van der Waals surface area contributed by atoms with Crippen LogP contribution in [0.5, 0.6) is 0 Å². The van der Waals surface area contributed by atoms with Gasteiger partial charge in [0.1, 0.15) is 0 Å². The van der Waals surface area contributed by atoms with Gasteiger partial charge in [0.15, 0.2) is 5.13 Å². The first-order valence-electron chi connectivity index (χ1n) is 8.92. The zero-order valence-corrected chi connectivity index (χ0v) is 19.9. The molecule has 3 heterocycles. The van der Waals surface area contributed by atoms with Crippen LogP contribution in [0.4, 0.5) is 0 Å². The first-order chi connectivity index (χ1) is 14.0. The van der Waals surface area contributed by atoms with E-state index >= 15 is 0 Å². The van der Waals surface area contributed by atoms with Gasteiger partial charge in [-0.3, -0.25) is 9.59 Å². The van der Waals surface area contributed by atoms with Crippen LogP contribution in [0.25, 0.3) is 26.3 Å². The maximum absolute atomic E-state index is 13.1. The van der Waals surface area contributed by atoms with Gasteiger partial charge in [-0.05, 0) is 36.8 Å². The van der Waals surface area contributed by atoms with Crippen LogP contribution >= 0.6 is 22.9 Å². The average molecular weight is 445 g/mol. The second-order valence-electron chi connectivity index (χ2n) is 6.69. The fraction of sp³-hybridized carbons (Fsp3) is 0.0952. The van der Waals surface area contributed by atoms with E-state index in [-0.39, 0.29) is 47.2 Å². The predicted molar refractivity (Wildman–Crippen MR) is 116 cm³/mol. The first-order valence-corrected chi connectivity index (χ1v) is 10.1. The Hall–Kier alpha value is -2.16. The topological polar surface area (TPSA) is 71.0 Å². The number of halogens is 1. The fourth-order valence-corrected chi connectivity index (χ4v) is 4.54. The van der Waals surface area contributed by atoms with Gasteiger partial charge in [0, 0.05) is 16.1 Å². The Labute approximate surface area is 202 Å². The number of fused-ring (bicyclic) bond motifs is 2. The van der Waals surface area contributed by atoms with Crippen molar-refractivity contribution in [2.24, 2.45) is 0 Å². The molecule has 0 radical (unpaired) electrons. The third-order valence-corrected chi connectivity index (χ3v) is 6.29. The minimum Gasteiger partial charge on any atom is -0.585 e. The van der Waals surface area contributed by atoms with E-state index in [2.05, 4.69) is 10.1 Å². The first kappa shape index (κ1) is 21.1. The van der Waals surface area contributed by atoms with Crippen LogP contribution in [0.2, 0.25) is 5.02 Å². The van der Waals surface area contributed by atoms with Crippen molar-refractivity contribution >= 4 is 44.1 Å². The number of aryl methyl sites for hydroxylation is 1. The Balaban J connectivity index is 0.00000218. The number of thiazole rings is 1. The van der Waals surface area contributed by atoms with Gasteiger partial charge in [0.25, 0.3) is 0 Å². The Bertz CT molecular complexity index is 1480. The zero-order valence-electron chi connectivity index (χ0n) is 16.3. The third kappa shape index (κ3) is 3.46. The van der Waals surface area contributed by atoms with Gasteiger partial charge in [0.2, 0.25) is 11.1 Å². The molecule has 0 bridgehead atoms. The van der Waals surface area contributed by atoms with Gasteiger partial charge in [-0.1, -0.05) is 53.3 Å². The SMILES string of the molecule is Cc1c2c(=O)n(-c3nc4ccccc4s3)[n-]c2cc(=O)n1Cc1ccccc1Cl.[Na+]. The molecule has 0 unspecified atom stereocenters. The van der Waals surface area contributed by atoms with E-state index in [1.54, 1.807) is 17.6 Å². The second kappa shape index (κ2) is 8.17. The summed E-state index contributed by atoms with van der Waals surface area (Å²) in [6.07, 6.45) is 0. The molecular weight excluding hydrogens is 431 g/mol. The number of hydrogen-bond acceptors (Lipinski definition) is 4. The quantitative estimate of drug-likeness (QED) is 0.385. The molecule has 144 valence electrons. The summed E-state index contributed by atoms with van der Waals surface area (Å²) in [4.78, 5) is 30.4. The molecule has 0 aliphatic carbocycles. The van der Waals surface area contributed by atoms with Crippen molar-refractivity contribution in [1.82, 2.24) is 19.3 Å². The summed E-state index contributed by atoms with van der Waals surface area (Å²) in [5.74, 6) is 0. The molecule has 0 amide bonds. The normalized spacial score (nSPS) is 11.1. The molecule has 0 saturated heterocycles. The summed E-state index contributed by atoms with van der Waals surface area (Å²) in [6, 6.07) is 16.4. The van der Waals surface area contributed by atoms with E-state index in [4.69, 9.17) is 11.6 Å². The maximum Gasteiger partial charge on any atom is 1.00 e. The van der Waals surface area contributed by atoms with Crippen LogP contribution in [0.3, 0.4) is 0 Å². The number of hydrogen-bond donors (Lipinski definition) is 0. The van der Waals surface area contributed by atoms with Crippen molar-refractivity contribution in [3.8, 4) is 5.13 Å². The molecule has 0 saturated carbocycles. The molecule has 9 heteroatoms. The van der Waals surface area contributed by atoms with Crippen LogP contribution in [-0.4, -0.2) is 14.2 Å². The summed E-state index contributed by atoms with van der Waals surface area (Å²) in [5.41, 5.74) is 2.02. The van der Waals surface area contributed by atoms with Crippen molar-refractivity contribution < 1.29 is 29.6 Å². The van der Waals surface area contributed by atoms with Crippen molar-refractivity contribution in [3.05, 3.63) is 91.6 Å². The second-order valence-corrected chi connectivity index (χ2v) is 8.10. The molecule has 0 N–H and O–H groups in total. The Morgan fingerprint density at radius 3 is 2.60 bits per heavy atom. The van der Waals surface area contributed by atoms with Gasteiger partial charge < -0.3 is 14.3 Å². The van der Waals surface area contributed by atoms with Gasteiger partial charge in [-0.25, -0.2) is 4.98 Å². The average Bonchev–Trinajstić information content (AvgIpc) is 3.27. The molecule has 0 aliphatic rings. The molecule has 0 fully saturated rings. The number of rotatable bonds is 3. The summed E-state index contributed by atoms with van der Waals surface area (Å²) in [7, 11) is 0. The molecule has 5 aromatic rings. The molecule has 2 aromatic carbocycles. The molecule has 0 aliphatic heterocycles.